The van der Waals surface area contributed by atoms with Crippen molar-refractivity contribution in [2.24, 2.45) is 10.7 Å². The van der Waals surface area contributed by atoms with Crippen LogP contribution in [0.5, 0.6) is 0 Å². The normalized spacial score (nSPS) is 11.9. The van der Waals surface area contributed by atoms with Gasteiger partial charge in [-0.2, -0.15) is 0 Å². The first-order valence-electron chi connectivity index (χ1n) is 15.5. The van der Waals surface area contributed by atoms with Crippen LogP contribution in [-0.4, -0.2) is 16.8 Å². The zero-order chi connectivity index (χ0) is 31.0. The molecule has 1 heterocycles. The van der Waals surface area contributed by atoms with Gasteiger partial charge in [0.1, 0.15) is 0 Å². The number of hydrogen-bond donors (Lipinski definition) is 2. The molecule has 220 valence electrons. The first kappa shape index (κ1) is 27.6. The van der Waals surface area contributed by atoms with E-state index in [4.69, 9.17) is 16.5 Å². The highest BCUT2D eigenvalue weighted by Gasteiger charge is 2.21. The van der Waals surface area contributed by atoms with Gasteiger partial charge in [0.2, 0.25) is 0 Å². The molecule has 4 N–H and O–H groups in total. The predicted octanol–water partition coefficient (Wildman–Crippen LogP) is 9.93. The molecule has 4 nitrogen and oxygen atoms in total. The number of para-hydroxylation sites is 2. The summed E-state index contributed by atoms with van der Waals surface area (Å²) in [6.45, 7) is 0.271. The van der Waals surface area contributed by atoms with Crippen LogP contribution in [0.4, 0.5) is 11.4 Å². The fraction of sp³-hybridized carbons (Fsp3) is 0.0238. The molecule has 0 atom stereocenters. The minimum Gasteiger partial charge on any atom is -0.398 e. The molecule has 0 amide bonds. The Balaban J connectivity index is 1.46. The smallest absolute Gasteiger partial charge is 0.0640 e. The second-order valence-corrected chi connectivity index (χ2v) is 11.5. The zero-order valence-electron chi connectivity index (χ0n) is 25.3. The molecule has 0 fully saturated rings. The van der Waals surface area contributed by atoms with E-state index in [-0.39, 0.29) is 6.54 Å². The van der Waals surface area contributed by atoms with Crippen molar-refractivity contribution in [1.29, 1.82) is 0 Å². The molecule has 7 aromatic carbocycles. The number of hydrogen-bond acceptors (Lipinski definition) is 3. The van der Waals surface area contributed by atoms with E-state index in [1.807, 2.05) is 42.5 Å². The summed E-state index contributed by atoms with van der Waals surface area (Å²) in [4.78, 5) is 5.12. The molecule has 0 saturated carbocycles. The van der Waals surface area contributed by atoms with Crippen molar-refractivity contribution >= 4 is 49.7 Å². The summed E-state index contributed by atoms with van der Waals surface area (Å²) in [5.74, 6) is 0. The van der Waals surface area contributed by atoms with Crippen LogP contribution < -0.4 is 11.5 Å². The molecule has 0 aliphatic rings. The fourth-order valence-electron chi connectivity index (χ4n) is 6.65. The molecule has 1 aromatic heterocycles. The molecule has 8 aromatic rings. The summed E-state index contributed by atoms with van der Waals surface area (Å²) in [6.07, 6.45) is 0. The van der Waals surface area contributed by atoms with Crippen LogP contribution in [0.15, 0.2) is 163 Å². The average Bonchev–Trinajstić information content (AvgIpc) is 3.45. The molecular formula is C42H32N4. The van der Waals surface area contributed by atoms with Crippen molar-refractivity contribution in [2.75, 3.05) is 12.3 Å². The minimum absolute atomic E-state index is 0.271. The van der Waals surface area contributed by atoms with Gasteiger partial charge in [0, 0.05) is 39.8 Å². The first-order valence-corrected chi connectivity index (χ1v) is 15.5. The second-order valence-electron chi connectivity index (χ2n) is 11.5. The van der Waals surface area contributed by atoms with E-state index in [9.17, 15) is 0 Å². The average molecular weight is 593 g/mol. The summed E-state index contributed by atoms with van der Waals surface area (Å²) in [6, 6.07) is 54.9. The summed E-state index contributed by atoms with van der Waals surface area (Å²) < 4.78 is 2.35. The molecule has 0 saturated heterocycles. The lowest BCUT2D eigenvalue weighted by atomic mass is 9.92. The van der Waals surface area contributed by atoms with Gasteiger partial charge in [-0.15, -0.1) is 0 Å². The van der Waals surface area contributed by atoms with Crippen LogP contribution in [0, 0.1) is 0 Å². The lowest BCUT2D eigenvalue weighted by molar-refractivity contribution is 1.17. The summed E-state index contributed by atoms with van der Waals surface area (Å²) >= 11 is 0. The number of benzene rings is 7. The van der Waals surface area contributed by atoms with Gasteiger partial charge in [-0.25, -0.2) is 0 Å². The lowest BCUT2D eigenvalue weighted by Crippen LogP contribution is -2.16. The molecule has 0 unspecified atom stereocenters. The maximum absolute atomic E-state index is 6.76. The molecule has 46 heavy (non-hydrogen) atoms. The Bertz CT molecular complexity index is 2390. The lowest BCUT2D eigenvalue weighted by Gasteiger charge is -2.16. The Morgan fingerprint density at radius 1 is 0.565 bits per heavy atom. The van der Waals surface area contributed by atoms with Gasteiger partial charge in [-0.1, -0.05) is 109 Å². The highest BCUT2D eigenvalue weighted by Crippen LogP contribution is 2.41. The number of fused-ring (bicyclic) bond motifs is 4. The number of aliphatic imine (C=N–C) groups is 1. The number of anilines is 1. The Morgan fingerprint density at radius 2 is 1.22 bits per heavy atom. The molecule has 0 spiro atoms. The third-order valence-electron chi connectivity index (χ3n) is 8.78. The molecular weight excluding hydrogens is 560 g/mol. The van der Waals surface area contributed by atoms with Crippen molar-refractivity contribution in [3.05, 3.63) is 163 Å². The van der Waals surface area contributed by atoms with Crippen LogP contribution in [0.3, 0.4) is 0 Å². The van der Waals surface area contributed by atoms with Crippen LogP contribution in [0.25, 0.3) is 60.5 Å². The quantitative estimate of drug-likeness (QED) is 0.149. The van der Waals surface area contributed by atoms with E-state index < -0.39 is 0 Å². The molecule has 8 rings (SSSR count). The molecule has 0 bridgehead atoms. The molecule has 0 aliphatic heterocycles. The van der Waals surface area contributed by atoms with Crippen molar-refractivity contribution in [3.63, 3.8) is 0 Å². The highest BCUT2D eigenvalue weighted by atomic mass is 15.0. The Morgan fingerprint density at radius 3 is 1.98 bits per heavy atom. The maximum atomic E-state index is 6.76. The van der Waals surface area contributed by atoms with E-state index in [1.165, 1.54) is 11.1 Å². The second kappa shape index (κ2) is 11.5. The third-order valence-corrected chi connectivity index (χ3v) is 8.78. The van der Waals surface area contributed by atoms with Gasteiger partial charge in [0.15, 0.2) is 0 Å². The molecule has 0 radical (unpaired) electrons. The monoisotopic (exact) mass is 592 g/mol. The Kier molecular flexibility index (Phi) is 6.90. The van der Waals surface area contributed by atoms with E-state index in [1.54, 1.807) is 0 Å². The number of aromatic nitrogens is 1. The van der Waals surface area contributed by atoms with E-state index >= 15 is 0 Å². The summed E-state index contributed by atoms with van der Waals surface area (Å²) in [5.41, 5.74) is 24.4. The Labute approximate surface area is 267 Å². The Hall–Kier alpha value is -5.97. The van der Waals surface area contributed by atoms with Crippen LogP contribution in [0.1, 0.15) is 5.56 Å². The number of rotatable bonds is 6. The van der Waals surface area contributed by atoms with Gasteiger partial charge in [-0.05, 0) is 76.0 Å². The number of nitrogen functional groups attached to an aromatic ring is 1. The maximum Gasteiger partial charge on any atom is 0.0640 e. The SMILES string of the molecule is NC/C(=N\c1ccccc1)c1cc(-c2c(N)ccc3ccccc23)cc2c3ccccc3n(-c3ccc(-c4ccccc4)cc3)c12. The minimum atomic E-state index is 0.271. The van der Waals surface area contributed by atoms with E-state index in [0.717, 1.165) is 72.0 Å². The highest BCUT2D eigenvalue weighted by molar-refractivity contribution is 6.21. The van der Waals surface area contributed by atoms with E-state index in [0.29, 0.717) is 0 Å². The van der Waals surface area contributed by atoms with Crippen LogP contribution in [0.2, 0.25) is 0 Å². The van der Waals surface area contributed by atoms with Crippen molar-refractivity contribution in [3.8, 4) is 27.9 Å². The molecule has 0 aliphatic carbocycles. The fourth-order valence-corrected chi connectivity index (χ4v) is 6.65. The van der Waals surface area contributed by atoms with Crippen molar-refractivity contribution < 1.29 is 0 Å². The van der Waals surface area contributed by atoms with Gasteiger partial charge >= 0.3 is 0 Å². The predicted molar refractivity (Wildman–Crippen MR) is 195 cm³/mol. The largest absolute Gasteiger partial charge is 0.398 e. The van der Waals surface area contributed by atoms with Gasteiger partial charge in [0.25, 0.3) is 0 Å². The number of nitrogens with two attached hydrogens (primary N) is 2. The van der Waals surface area contributed by atoms with Crippen LogP contribution >= 0.6 is 0 Å². The van der Waals surface area contributed by atoms with E-state index in [2.05, 4.69) is 120 Å². The molecule has 4 heteroatoms. The third kappa shape index (κ3) is 4.73. The van der Waals surface area contributed by atoms with Gasteiger partial charge < -0.3 is 16.0 Å². The van der Waals surface area contributed by atoms with Crippen LogP contribution in [-0.2, 0) is 0 Å². The summed E-state index contributed by atoms with van der Waals surface area (Å²) in [7, 11) is 0. The van der Waals surface area contributed by atoms with Gasteiger partial charge in [-0.3, -0.25) is 4.99 Å². The van der Waals surface area contributed by atoms with Gasteiger partial charge in [0.05, 0.1) is 22.4 Å². The van der Waals surface area contributed by atoms with Crippen molar-refractivity contribution in [2.45, 2.75) is 0 Å². The number of nitrogens with zero attached hydrogens (tertiary/aromatic N) is 2. The topological polar surface area (TPSA) is 69.3 Å². The van der Waals surface area contributed by atoms with Crippen molar-refractivity contribution in [1.82, 2.24) is 4.57 Å². The standard InChI is InChI=1S/C42H32N4/c43-27-39(45-32-14-5-2-6-15-32)37-26-31(41-34-16-8-7-13-30(34)21-24-38(41)44)25-36-35-17-9-10-18-40(35)46(42(36)37)33-22-19-29(20-23-33)28-11-3-1-4-12-28/h1-26H,27,43-44H2/b45-39+. The zero-order valence-corrected chi connectivity index (χ0v) is 25.3. The first-order chi connectivity index (χ1) is 22.7. The summed E-state index contributed by atoms with van der Waals surface area (Å²) in [5, 5.41) is 4.54.